The summed E-state index contributed by atoms with van der Waals surface area (Å²) in [5.74, 6) is 0.362. The van der Waals surface area contributed by atoms with Crippen molar-refractivity contribution in [2.24, 2.45) is 5.92 Å². The van der Waals surface area contributed by atoms with Crippen LogP contribution in [-0.4, -0.2) is 60.9 Å². The van der Waals surface area contributed by atoms with Crippen molar-refractivity contribution in [1.82, 2.24) is 15.1 Å². The lowest BCUT2D eigenvalue weighted by Crippen LogP contribution is -2.42. The standard InChI is InChI=1S/C21H30ClN3O2/c1-14-12-16(22)6-9-19(14)20(26)23-17-7-4-15(5-8-17)21(27)25-11-10-18(13-25)24(2)3/h6,9,12,15,17-18H,4-5,7-8,10-11,13H2,1-3H3,(H,23,26). The third-order valence-electron chi connectivity index (χ3n) is 6.05. The number of rotatable bonds is 4. The molecule has 1 atom stereocenters. The second-order valence-electron chi connectivity index (χ2n) is 8.17. The number of hydrogen-bond acceptors (Lipinski definition) is 3. The van der Waals surface area contributed by atoms with Crippen molar-refractivity contribution in [2.45, 2.75) is 51.1 Å². The molecular weight excluding hydrogens is 362 g/mol. The molecule has 27 heavy (non-hydrogen) atoms. The number of hydrogen-bond donors (Lipinski definition) is 1. The molecule has 1 heterocycles. The monoisotopic (exact) mass is 391 g/mol. The number of benzene rings is 1. The normalized spacial score (nSPS) is 25.7. The minimum Gasteiger partial charge on any atom is -0.349 e. The fourth-order valence-electron chi connectivity index (χ4n) is 4.25. The van der Waals surface area contributed by atoms with E-state index in [4.69, 9.17) is 11.6 Å². The van der Waals surface area contributed by atoms with Gasteiger partial charge in [-0.25, -0.2) is 0 Å². The molecule has 1 unspecified atom stereocenters. The fourth-order valence-corrected chi connectivity index (χ4v) is 4.48. The van der Waals surface area contributed by atoms with Crippen molar-refractivity contribution in [3.05, 3.63) is 34.3 Å². The Morgan fingerprint density at radius 3 is 2.44 bits per heavy atom. The number of halogens is 1. The molecule has 1 aromatic carbocycles. The van der Waals surface area contributed by atoms with Crippen LogP contribution >= 0.6 is 11.6 Å². The zero-order valence-electron chi connectivity index (χ0n) is 16.5. The summed E-state index contributed by atoms with van der Waals surface area (Å²) in [4.78, 5) is 29.6. The van der Waals surface area contributed by atoms with E-state index in [-0.39, 0.29) is 17.9 Å². The molecule has 3 rings (SSSR count). The van der Waals surface area contributed by atoms with Gasteiger partial charge in [0.15, 0.2) is 0 Å². The highest BCUT2D eigenvalue weighted by atomic mass is 35.5. The molecule has 0 aromatic heterocycles. The lowest BCUT2D eigenvalue weighted by molar-refractivity contribution is -0.135. The molecule has 2 aliphatic rings. The van der Waals surface area contributed by atoms with E-state index in [2.05, 4.69) is 24.3 Å². The van der Waals surface area contributed by atoms with E-state index in [1.165, 1.54) is 0 Å². The van der Waals surface area contributed by atoms with Crippen molar-refractivity contribution in [3.63, 3.8) is 0 Å². The molecule has 1 saturated heterocycles. The lowest BCUT2D eigenvalue weighted by atomic mass is 9.85. The van der Waals surface area contributed by atoms with Gasteiger partial charge in [0, 0.05) is 41.7 Å². The topological polar surface area (TPSA) is 52.7 Å². The quantitative estimate of drug-likeness (QED) is 0.858. The summed E-state index contributed by atoms with van der Waals surface area (Å²) in [6.07, 6.45) is 4.49. The molecular formula is C21H30ClN3O2. The first-order valence-corrected chi connectivity index (χ1v) is 10.2. The smallest absolute Gasteiger partial charge is 0.251 e. The fraction of sp³-hybridized carbons (Fsp3) is 0.619. The largest absolute Gasteiger partial charge is 0.349 e. The Bertz CT molecular complexity index is 699. The second-order valence-corrected chi connectivity index (χ2v) is 8.61. The number of aryl methyl sites for hydroxylation is 1. The van der Waals surface area contributed by atoms with Gasteiger partial charge in [0.05, 0.1) is 0 Å². The van der Waals surface area contributed by atoms with Gasteiger partial charge in [0.25, 0.3) is 5.91 Å². The zero-order chi connectivity index (χ0) is 19.6. The highest BCUT2D eigenvalue weighted by Gasteiger charge is 2.34. The van der Waals surface area contributed by atoms with Gasteiger partial charge in [-0.05, 0) is 76.9 Å². The van der Waals surface area contributed by atoms with Crippen LogP contribution in [0.4, 0.5) is 0 Å². The maximum atomic E-state index is 12.8. The molecule has 2 fully saturated rings. The van der Waals surface area contributed by atoms with Crippen LogP contribution in [0.1, 0.15) is 48.0 Å². The average molecular weight is 392 g/mol. The van der Waals surface area contributed by atoms with Crippen LogP contribution in [0.25, 0.3) is 0 Å². The SMILES string of the molecule is Cc1cc(Cl)ccc1C(=O)NC1CCC(C(=O)N2CCC(N(C)C)C2)CC1. The minimum atomic E-state index is -0.0488. The molecule has 1 N–H and O–H groups in total. The van der Waals surface area contributed by atoms with E-state index in [1.807, 2.05) is 17.9 Å². The highest BCUT2D eigenvalue weighted by Crippen LogP contribution is 2.28. The van der Waals surface area contributed by atoms with Gasteiger partial charge in [0.2, 0.25) is 5.91 Å². The van der Waals surface area contributed by atoms with Gasteiger partial charge < -0.3 is 15.1 Å². The van der Waals surface area contributed by atoms with Crippen molar-refractivity contribution in [2.75, 3.05) is 27.2 Å². The molecule has 2 amide bonds. The summed E-state index contributed by atoms with van der Waals surface area (Å²) in [5.41, 5.74) is 1.55. The molecule has 0 radical (unpaired) electrons. The van der Waals surface area contributed by atoms with Gasteiger partial charge in [-0.2, -0.15) is 0 Å². The van der Waals surface area contributed by atoms with Crippen LogP contribution in [0.5, 0.6) is 0 Å². The van der Waals surface area contributed by atoms with E-state index in [9.17, 15) is 9.59 Å². The lowest BCUT2D eigenvalue weighted by Gasteiger charge is -2.31. The molecule has 6 heteroatoms. The van der Waals surface area contributed by atoms with E-state index < -0.39 is 0 Å². The summed E-state index contributed by atoms with van der Waals surface area (Å²) in [7, 11) is 4.16. The van der Waals surface area contributed by atoms with E-state index in [1.54, 1.807) is 12.1 Å². The van der Waals surface area contributed by atoms with Gasteiger partial charge in [-0.15, -0.1) is 0 Å². The number of carbonyl (C=O) groups is 2. The van der Waals surface area contributed by atoms with Gasteiger partial charge >= 0.3 is 0 Å². The molecule has 1 aromatic rings. The number of likely N-dealkylation sites (tertiary alicyclic amines) is 1. The maximum Gasteiger partial charge on any atom is 0.251 e. The zero-order valence-corrected chi connectivity index (χ0v) is 17.3. The van der Waals surface area contributed by atoms with E-state index >= 15 is 0 Å². The summed E-state index contributed by atoms with van der Waals surface area (Å²) in [6.45, 7) is 3.61. The summed E-state index contributed by atoms with van der Waals surface area (Å²) in [6, 6.07) is 5.95. The van der Waals surface area contributed by atoms with Gasteiger partial charge in [0.1, 0.15) is 0 Å². The number of carbonyl (C=O) groups excluding carboxylic acids is 2. The molecule has 1 saturated carbocycles. The predicted molar refractivity (Wildman–Crippen MR) is 108 cm³/mol. The minimum absolute atomic E-state index is 0.0488. The van der Waals surface area contributed by atoms with Crippen molar-refractivity contribution >= 4 is 23.4 Å². The van der Waals surface area contributed by atoms with Crippen LogP contribution in [-0.2, 0) is 4.79 Å². The Hall–Kier alpha value is -1.59. The third-order valence-corrected chi connectivity index (χ3v) is 6.29. The second kappa shape index (κ2) is 8.61. The van der Waals surface area contributed by atoms with Crippen molar-refractivity contribution in [1.29, 1.82) is 0 Å². The molecule has 0 bridgehead atoms. The average Bonchev–Trinajstić information content (AvgIpc) is 3.12. The summed E-state index contributed by atoms with van der Waals surface area (Å²) in [5, 5.41) is 3.77. The number of likely N-dealkylation sites (N-methyl/N-ethyl adjacent to an activating group) is 1. The van der Waals surface area contributed by atoms with Crippen LogP contribution in [0, 0.1) is 12.8 Å². The number of nitrogens with zero attached hydrogens (tertiary/aromatic N) is 2. The highest BCUT2D eigenvalue weighted by molar-refractivity contribution is 6.30. The Balaban J connectivity index is 1.49. The van der Waals surface area contributed by atoms with Crippen LogP contribution in [0.15, 0.2) is 18.2 Å². The first kappa shape index (κ1) is 20.2. The first-order valence-electron chi connectivity index (χ1n) is 9.87. The third kappa shape index (κ3) is 4.82. The Morgan fingerprint density at radius 2 is 1.85 bits per heavy atom. The van der Waals surface area contributed by atoms with Crippen molar-refractivity contribution < 1.29 is 9.59 Å². The van der Waals surface area contributed by atoms with Gasteiger partial charge in [-0.1, -0.05) is 11.6 Å². The Kier molecular flexibility index (Phi) is 6.43. The molecule has 1 aliphatic heterocycles. The van der Waals surface area contributed by atoms with Crippen LogP contribution in [0.2, 0.25) is 5.02 Å². The van der Waals surface area contributed by atoms with E-state index in [0.717, 1.165) is 50.8 Å². The molecule has 148 valence electrons. The number of amides is 2. The van der Waals surface area contributed by atoms with Crippen LogP contribution < -0.4 is 5.32 Å². The Labute approximate surface area is 167 Å². The first-order chi connectivity index (χ1) is 12.8. The van der Waals surface area contributed by atoms with Crippen molar-refractivity contribution in [3.8, 4) is 0 Å². The number of nitrogens with one attached hydrogen (secondary N) is 1. The summed E-state index contributed by atoms with van der Waals surface area (Å²) < 4.78 is 0. The molecule has 5 nitrogen and oxygen atoms in total. The predicted octanol–water partition coefficient (Wildman–Crippen LogP) is 3.10. The van der Waals surface area contributed by atoms with E-state index in [0.29, 0.717) is 22.5 Å². The van der Waals surface area contributed by atoms with Crippen LogP contribution in [0.3, 0.4) is 0 Å². The van der Waals surface area contributed by atoms with Gasteiger partial charge in [-0.3, -0.25) is 9.59 Å². The molecule has 1 aliphatic carbocycles. The molecule has 0 spiro atoms. The Morgan fingerprint density at radius 1 is 1.15 bits per heavy atom. The maximum absolute atomic E-state index is 12.8. The summed E-state index contributed by atoms with van der Waals surface area (Å²) >= 11 is 5.97.